The summed E-state index contributed by atoms with van der Waals surface area (Å²) in [4.78, 5) is 89.4. The number of phenols is 2. The van der Waals surface area contributed by atoms with Crippen molar-refractivity contribution in [3.63, 3.8) is 0 Å². The second-order valence-corrected chi connectivity index (χ2v) is 35.9. The SMILES string of the molecule is CC(C)c1cc(O)cc(C(C)C)c1N1C(=O)C2c3cc(C(C)(C)C)cc4c5nc6cc7c(cc6nc5c5cc(C(C)(C)C)cc(c5c34)C2C1=O)/C=C\c1cc2nc3c4cc(C(C)(C)C)cc5c4c4c(cc(C(C)(C)C)cc4c3nc2cc1/C=C\7)C1C(=O)N(c2c(C(C)C)cc(O)cc2C(C)C)C(=O)C51. The van der Waals surface area contributed by atoms with E-state index in [-0.39, 0.29) is 80.5 Å². The van der Waals surface area contributed by atoms with Crippen LogP contribution in [-0.2, 0) is 40.8 Å². The number of nitrogens with zero attached hydrogens (tertiary/aromatic N) is 6. The fraction of sp³-hybridized carbons (Fsp3) is 0.348. The Morgan fingerprint density at radius 3 is 0.692 bits per heavy atom. The van der Waals surface area contributed by atoms with Crippen molar-refractivity contribution in [2.45, 2.75) is 207 Å². The first-order valence-electron chi connectivity index (χ1n) is 37.2. The number of imide groups is 2. The van der Waals surface area contributed by atoms with Gasteiger partial charge in [0.1, 0.15) is 11.5 Å². The zero-order valence-corrected chi connectivity index (χ0v) is 63.4. The zero-order chi connectivity index (χ0) is 73.8. The number of carbonyl (C=O) groups is 4. The van der Waals surface area contributed by atoms with Crippen LogP contribution in [0.4, 0.5) is 11.4 Å². The van der Waals surface area contributed by atoms with E-state index in [1.165, 1.54) is 9.80 Å². The maximum atomic E-state index is 15.9. The van der Waals surface area contributed by atoms with Crippen LogP contribution >= 0.6 is 0 Å². The summed E-state index contributed by atoms with van der Waals surface area (Å²) in [5, 5.41) is 29.5. The average Bonchev–Trinajstić information content (AvgIpc) is 1.35. The van der Waals surface area contributed by atoms with Crippen LogP contribution in [0.1, 0.15) is 275 Å². The summed E-state index contributed by atoms with van der Waals surface area (Å²) in [5.41, 5.74) is 19.7. The topological polar surface area (TPSA) is 167 Å². The monoisotopic (exact) mass is 1370 g/mol. The highest BCUT2D eigenvalue weighted by atomic mass is 16.3. The summed E-state index contributed by atoms with van der Waals surface area (Å²) in [6.07, 6.45) is 8.59. The molecule has 17 rings (SSSR count). The lowest BCUT2D eigenvalue weighted by Gasteiger charge is -2.31. The van der Waals surface area contributed by atoms with Gasteiger partial charge in [0.05, 0.1) is 79.2 Å². The number of aromatic nitrogens is 4. The third-order valence-corrected chi connectivity index (χ3v) is 23.5. The molecule has 4 atom stereocenters. The number of phenolic OH excluding ortho intramolecular Hbond substituents is 2. The largest absolute Gasteiger partial charge is 0.508 e. The number of fused-ring (bicyclic) bond motifs is 16. The Labute approximate surface area is 607 Å². The van der Waals surface area contributed by atoms with Gasteiger partial charge in [-0.1, -0.05) is 187 Å². The Balaban J connectivity index is 0.852. The van der Waals surface area contributed by atoms with Crippen molar-refractivity contribution in [1.82, 2.24) is 19.9 Å². The van der Waals surface area contributed by atoms with Gasteiger partial charge >= 0.3 is 0 Å². The number of hydrogen-bond donors (Lipinski definition) is 2. The Morgan fingerprint density at radius 1 is 0.308 bits per heavy atom. The van der Waals surface area contributed by atoms with Gasteiger partial charge in [0.25, 0.3) is 0 Å². The Morgan fingerprint density at radius 2 is 0.510 bits per heavy atom. The molecule has 0 spiro atoms. The second kappa shape index (κ2) is 22.2. The minimum atomic E-state index is -0.819. The van der Waals surface area contributed by atoms with E-state index in [1.54, 1.807) is 24.3 Å². The molecule has 5 aliphatic rings. The van der Waals surface area contributed by atoms with E-state index in [0.717, 1.165) is 154 Å². The molecule has 524 valence electrons. The highest BCUT2D eigenvalue weighted by Gasteiger charge is 2.56. The highest BCUT2D eigenvalue weighted by molar-refractivity contribution is 6.36. The molecule has 2 aromatic heterocycles. The molecular weight excluding hydrogens is 1290 g/mol. The number of benzene rings is 10. The van der Waals surface area contributed by atoms with Gasteiger partial charge in [0.15, 0.2) is 0 Å². The van der Waals surface area contributed by atoms with Gasteiger partial charge < -0.3 is 10.2 Å². The van der Waals surface area contributed by atoms with E-state index in [9.17, 15) is 10.2 Å². The Hall–Kier alpha value is -10.2. The van der Waals surface area contributed by atoms with E-state index in [4.69, 9.17) is 19.9 Å². The number of aromatic hydroxyl groups is 2. The first-order chi connectivity index (χ1) is 48.9. The Bertz CT molecular complexity index is 5350. The summed E-state index contributed by atoms with van der Waals surface area (Å²) in [6.45, 7) is 42.5. The molecule has 2 aliphatic heterocycles. The molecule has 0 bridgehead atoms. The third kappa shape index (κ3) is 9.67. The molecule has 0 radical (unpaired) electrons. The summed E-state index contributed by atoms with van der Waals surface area (Å²) in [5.74, 6) is -4.50. The predicted octanol–water partition coefficient (Wildman–Crippen LogP) is 21.7. The van der Waals surface area contributed by atoms with Gasteiger partial charge in [-0.2, -0.15) is 0 Å². The van der Waals surface area contributed by atoms with Crippen LogP contribution in [0.2, 0.25) is 0 Å². The molecule has 4 unspecified atom stereocenters. The molecule has 2 fully saturated rings. The fourth-order valence-corrected chi connectivity index (χ4v) is 17.8. The fourth-order valence-electron chi connectivity index (χ4n) is 17.8. The molecular formula is C92H90N6O6. The van der Waals surface area contributed by atoms with Gasteiger partial charge in [0.2, 0.25) is 23.6 Å². The molecule has 4 heterocycles. The smallest absolute Gasteiger partial charge is 0.242 e. The van der Waals surface area contributed by atoms with Crippen LogP contribution in [0, 0.1) is 0 Å². The van der Waals surface area contributed by atoms with Crippen LogP contribution in [0.25, 0.3) is 112 Å². The van der Waals surface area contributed by atoms with Gasteiger partial charge in [-0.3, -0.25) is 19.2 Å². The number of hydrogen-bond acceptors (Lipinski definition) is 10. The van der Waals surface area contributed by atoms with Crippen molar-refractivity contribution in [3.05, 3.63) is 186 Å². The minimum absolute atomic E-state index is 0.0981. The standard InChI is InChI=1S/C92H90N6O6/c1-41(2)55-37-53(99)38-56(42(3)4)83(55)97-85(101)75-59-29-49(89(9,10)11)33-63-71(59)72-60(76(75)86(97)102)30-50(90(12,13)14)34-64(72)80-79(63)93-67-25-45-21-23-47-27-69-70(28-48(47)24-22-46(45)26-68(67)94-80)96-82-66-36-52(92(18,19)20)32-62-74(66)73-61(31-51(91(15,16)17)35-65(73)81(82)95-69)77-78(62)88(104)98(87(77)103)84-57(43(5)6)39-54(100)40-58(84)44(7)8/h21-44,75-78,99-100H,1-20H3/b23-21-,24-22-,45-21?,46-22?,47-23?,48-24?. The molecule has 4 amide bonds. The van der Waals surface area contributed by atoms with Crippen LogP contribution in [0.5, 0.6) is 11.5 Å². The molecule has 10 aromatic carbocycles. The summed E-state index contributed by atoms with van der Waals surface area (Å²) < 4.78 is 0. The lowest BCUT2D eigenvalue weighted by molar-refractivity contribution is -0.123. The van der Waals surface area contributed by atoms with Crippen LogP contribution in [0.15, 0.2) is 97.1 Å². The molecule has 104 heavy (non-hydrogen) atoms. The summed E-state index contributed by atoms with van der Waals surface area (Å²) in [7, 11) is 0. The van der Waals surface area contributed by atoms with Crippen molar-refractivity contribution >= 4 is 147 Å². The molecule has 12 heteroatoms. The second-order valence-electron chi connectivity index (χ2n) is 35.9. The van der Waals surface area contributed by atoms with E-state index >= 15 is 19.2 Å². The number of rotatable bonds is 6. The minimum Gasteiger partial charge on any atom is -0.508 e. The van der Waals surface area contributed by atoms with E-state index < -0.39 is 23.7 Å². The molecule has 0 saturated carbocycles. The maximum Gasteiger partial charge on any atom is 0.242 e. The lowest BCUT2D eigenvalue weighted by atomic mass is 9.70. The van der Waals surface area contributed by atoms with Gasteiger partial charge in [-0.05, 0) is 229 Å². The number of anilines is 2. The van der Waals surface area contributed by atoms with E-state index in [1.807, 2.05) is 55.4 Å². The lowest BCUT2D eigenvalue weighted by Crippen LogP contribution is -2.33. The molecule has 2 N–H and O–H groups in total. The Kier molecular flexibility index (Phi) is 14.3. The summed E-state index contributed by atoms with van der Waals surface area (Å²) in [6, 6.07) is 33.1. The molecule has 12 aromatic rings. The summed E-state index contributed by atoms with van der Waals surface area (Å²) >= 11 is 0. The van der Waals surface area contributed by atoms with Gasteiger partial charge in [-0.15, -0.1) is 0 Å². The maximum absolute atomic E-state index is 15.9. The van der Waals surface area contributed by atoms with Crippen molar-refractivity contribution in [2.75, 3.05) is 9.80 Å². The predicted molar refractivity (Wildman–Crippen MR) is 425 cm³/mol. The highest BCUT2D eigenvalue weighted by Crippen LogP contribution is 2.60. The zero-order valence-electron chi connectivity index (χ0n) is 63.4. The normalized spacial score (nSPS) is 18.8. The van der Waals surface area contributed by atoms with Gasteiger partial charge in [-0.25, -0.2) is 29.7 Å². The van der Waals surface area contributed by atoms with E-state index in [0.29, 0.717) is 33.4 Å². The van der Waals surface area contributed by atoms with Crippen LogP contribution < -0.4 is 9.80 Å². The van der Waals surface area contributed by atoms with Crippen LogP contribution in [-0.4, -0.2) is 53.8 Å². The van der Waals surface area contributed by atoms with Crippen LogP contribution in [0.3, 0.4) is 0 Å². The third-order valence-electron chi connectivity index (χ3n) is 23.5. The first-order valence-corrected chi connectivity index (χ1v) is 37.2. The van der Waals surface area contributed by atoms with E-state index in [2.05, 4.69) is 180 Å². The number of amides is 4. The van der Waals surface area contributed by atoms with Crippen molar-refractivity contribution in [3.8, 4) is 11.5 Å². The average molecular weight is 1380 g/mol. The van der Waals surface area contributed by atoms with Crippen molar-refractivity contribution < 1.29 is 29.4 Å². The molecule has 12 nitrogen and oxygen atoms in total. The van der Waals surface area contributed by atoms with Crippen molar-refractivity contribution in [1.29, 1.82) is 0 Å². The molecule has 3 aliphatic carbocycles. The first kappa shape index (κ1) is 67.0. The number of carbonyl (C=O) groups excluding carboxylic acids is 4. The molecule has 2 saturated heterocycles. The van der Waals surface area contributed by atoms with Gasteiger partial charge in [0, 0.05) is 21.5 Å². The van der Waals surface area contributed by atoms with Crippen molar-refractivity contribution in [2.24, 2.45) is 0 Å². The quantitative estimate of drug-likeness (QED) is 0.0929.